The van der Waals surface area contributed by atoms with Crippen molar-refractivity contribution in [1.29, 1.82) is 0 Å². The summed E-state index contributed by atoms with van der Waals surface area (Å²) in [4.78, 5) is 11.8. The summed E-state index contributed by atoms with van der Waals surface area (Å²) in [7, 11) is 0. The zero-order chi connectivity index (χ0) is 15.5. The van der Waals surface area contributed by atoms with Crippen molar-refractivity contribution < 1.29 is 23.1 Å². The fourth-order valence-electron chi connectivity index (χ4n) is 1.74. The summed E-state index contributed by atoms with van der Waals surface area (Å²) in [6, 6.07) is 12.3. The Hall–Kier alpha value is -2.34. The smallest absolute Gasteiger partial charge is 0.378 e. The van der Waals surface area contributed by atoms with Gasteiger partial charge in [0.2, 0.25) is 0 Å². The molecule has 0 radical (unpaired) electrons. The molecule has 1 atom stereocenters. The molecule has 1 amide bonds. The number of nitrogens with one attached hydrogen (secondary N) is 1. The van der Waals surface area contributed by atoms with Gasteiger partial charge in [-0.3, -0.25) is 4.79 Å². The normalized spacial score (nSPS) is 12.8. The van der Waals surface area contributed by atoms with E-state index in [0.717, 1.165) is 24.3 Å². The summed E-state index contributed by atoms with van der Waals surface area (Å²) in [5.74, 6) is -0.707. The third-order valence-electron chi connectivity index (χ3n) is 2.84. The van der Waals surface area contributed by atoms with Gasteiger partial charge in [-0.05, 0) is 29.8 Å². The summed E-state index contributed by atoms with van der Waals surface area (Å²) in [6.07, 6.45) is -5.98. The standard InChI is InChI=1S/C15H12F3NO2/c16-15(17,18)11-8-6-10(7-9-11)13(20)14(21)19-12-4-2-1-3-5-12/h1-9,13,20H,(H,19,21). The van der Waals surface area contributed by atoms with Crippen LogP contribution in [0.5, 0.6) is 0 Å². The average Bonchev–Trinajstić information content (AvgIpc) is 2.46. The van der Waals surface area contributed by atoms with Gasteiger partial charge < -0.3 is 10.4 Å². The number of aliphatic hydroxyl groups is 1. The van der Waals surface area contributed by atoms with Crippen LogP contribution in [0, 0.1) is 0 Å². The van der Waals surface area contributed by atoms with Crippen molar-refractivity contribution in [2.24, 2.45) is 0 Å². The van der Waals surface area contributed by atoms with Gasteiger partial charge in [0.05, 0.1) is 5.56 Å². The molecule has 2 N–H and O–H groups in total. The molecule has 2 rings (SSSR count). The number of alkyl halides is 3. The van der Waals surface area contributed by atoms with Crippen LogP contribution in [-0.2, 0) is 11.0 Å². The number of anilines is 1. The van der Waals surface area contributed by atoms with Gasteiger partial charge in [0.1, 0.15) is 0 Å². The van der Waals surface area contributed by atoms with E-state index in [1.54, 1.807) is 30.3 Å². The number of carbonyl (C=O) groups is 1. The van der Waals surface area contributed by atoms with Crippen molar-refractivity contribution in [3.8, 4) is 0 Å². The second-order valence-corrected chi connectivity index (χ2v) is 4.38. The van der Waals surface area contributed by atoms with Crippen LogP contribution in [0.2, 0.25) is 0 Å². The lowest BCUT2D eigenvalue weighted by Gasteiger charge is -2.13. The molecule has 0 spiro atoms. The quantitative estimate of drug-likeness (QED) is 0.912. The van der Waals surface area contributed by atoms with Gasteiger partial charge in [-0.25, -0.2) is 0 Å². The highest BCUT2D eigenvalue weighted by molar-refractivity contribution is 5.94. The van der Waals surface area contributed by atoms with Crippen LogP contribution in [0.15, 0.2) is 54.6 Å². The van der Waals surface area contributed by atoms with Gasteiger partial charge in [0.15, 0.2) is 6.10 Å². The monoisotopic (exact) mass is 295 g/mol. The number of benzene rings is 2. The SMILES string of the molecule is O=C(Nc1ccccc1)C(O)c1ccc(C(F)(F)F)cc1. The molecule has 0 aliphatic carbocycles. The van der Waals surface area contributed by atoms with Crippen LogP contribution in [0.1, 0.15) is 17.2 Å². The van der Waals surface area contributed by atoms with Gasteiger partial charge in [0, 0.05) is 5.69 Å². The van der Waals surface area contributed by atoms with Crippen LogP contribution < -0.4 is 5.32 Å². The molecule has 6 heteroatoms. The topological polar surface area (TPSA) is 49.3 Å². The van der Waals surface area contributed by atoms with Gasteiger partial charge in [-0.15, -0.1) is 0 Å². The van der Waals surface area contributed by atoms with Crippen LogP contribution in [0.25, 0.3) is 0 Å². The summed E-state index contributed by atoms with van der Waals surface area (Å²) < 4.78 is 37.3. The predicted molar refractivity (Wildman–Crippen MR) is 71.5 cm³/mol. The van der Waals surface area contributed by atoms with Crippen LogP contribution >= 0.6 is 0 Å². The Morgan fingerprint density at radius 3 is 2.10 bits per heavy atom. The van der Waals surface area contributed by atoms with Gasteiger partial charge >= 0.3 is 6.18 Å². The minimum Gasteiger partial charge on any atom is -0.378 e. The van der Waals surface area contributed by atoms with E-state index in [2.05, 4.69) is 5.32 Å². The number of carbonyl (C=O) groups excluding carboxylic acids is 1. The van der Waals surface area contributed by atoms with E-state index in [-0.39, 0.29) is 5.56 Å². The van der Waals surface area contributed by atoms with Crippen molar-refractivity contribution in [1.82, 2.24) is 0 Å². The maximum Gasteiger partial charge on any atom is 0.416 e. The molecule has 0 saturated heterocycles. The zero-order valence-electron chi connectivity index (χ0n) is 10.8. The minimum absolute atomic E-state index is 0.0939. The molecule has 3 nitrogen and oxygen atoms in total. The van der Waals surface area contributed by atoms with Crippen molar-refractivity contribution in [2.75, 3.05) is 5.32 Å². The highest BCUT2D eigenvalue weighted by atomic mass is 19.4. The average molecular weight is 295 g/mol. The number of hydrogen-bond donors (Lipinski definition) is 2. The number of rotatable bonds is 3. The molecule has 0 bridgehead atoms. The minimum atomic E-state index is -4.45. The highest BCUT2D eigenvalue weighted by Crippen LogP contribution is 2.30. The molecule has 0 aliphatic heterocycles. The second kappa shape index (κ2) is 5.97. The lowest BCUT2D eigenvalue weighted by molar-refractivity contribution is -0.137. The van der Waals surface area contributed by atoms with E-state index in [9.17, 15) is 23.1 Å². The van der Waals surface area contributed by atoms with E-state index in [0.29, 0.717) is 5.69 Å². The first-order chi connectivity index (χ1) is 9.88. The van der Waals surface area contributed by atoms with Gasteiger partial charge in [0.25, 0.3) is 5.91 Å². The first-order valence-corrected chi connectivity index (χ1v) is 6.09. The molecule has 21 heavy (non-hydrogen) atoms. The summed E-state index contributed by atoms with van der Waals surface area (Å²) in [5.41, 5.74) is -0.244. The Balaban J connectivity index is 2.09. The molecule has 2 aromatic rings. The maximum atomic E-state index is 12.4. The maximum absolute atomic E-state index is 12.4. The number of para-hydroxylation sites is 1. The van der Waals surface area contributed by atoms with Crippen molar-refractivity contribution in [3.63, 3.8) is 0 Å². The lowest BCUT2D eigenvalue weighted by Crippen LogP contribution is -2.20. The number of hydrogen-bond acceptors (Lipinski definition) is 2. The molecular weight excluding hydrogens is 283 g/mol. The van der Waals surface area contributed by atoms with E-state index < -0.39 is 23.8 Å². The third kappa shape index (κ3) is 3.82. The second-order valence-electron chi connectivity index (χ2n) is 4.38. The molecule has 110 valence electrons. The molecule has 1 unspecified atom stereocenters. The number of aliphatic hydroxyl groups excluding tert-OH is 1. The molecule has 0 fully saturated rings. The fourth-order valence-corrected chi connectivity index (χ4v) is 1.74. The van der Waals surface area contributed by atoms with Crippen molar-refractivity contribution in [3.05, 3.63) is 65.7 Å². The summed E-state index contributed by atoms with van der Waals surface area (Å²) in [6.45, 7) is 0. The Morgan fingerprint density at radius 2 is 1.57 bits per heavy atom. The van der Waals surface area contributed by atoms with E-state index in [4.69, 9.17) is 0 Å². The summed E-state index contributed by atoms with van der Waals surface area (Å²) >= 11 is 0. The number of amides is 1. The van der Waals surface area contributed by atoms with E-state index in [1.807, 2.05) is 0 Å². The highest BCUT2D eigenvalue weighted by Gasteiger charge is 2.30. The Labute approximate surface area is 119 Å². The molecule has 0 aliphatic rings. The van der Waals surface area contributed by atoms with Gasteiger partial charge in [-0.1, -0.05) is 30.3 Å². The molecule has 0 heterocycles. The van der Waals surface area contributed by atoms with Crippen LogP contribution in [0.3, 0.4) is 0 Å². The van der Waals surface area contributed by atoms with Gasteiger partial charge in [-0.2, -0.15) is 13.2 Å². The molecule has 0 aromatic heterocycles. The predicted octanol–water partition coefficient (Wildman–Crippen LogP) is 3.38. The van der Waals surface area contributed by atoms with Crippen molar-refractivity contribution in [2.45, 2.75) is 12.3 Å². The molecule has 0 saturated carbocycles. The van der Waals surface area contributed by atoms with Crippen molar-refractivity contribution >= 4 is 11.6 Å². The third-order valence-corrected chi connectivity index (χ3v) is 2.84. The largest absolute Gasteiger partial charge is 0.416 e. The van der Waals surface area contributed by atoms with E-state index in [1.165, 1.54) is 0 Å². The fraction of sp³-hybridized carbons (Fsp3) is 0.133. The zero-order valence-corrected chi connectivity index (χ0v) is 10.8. The molecular formula is C15H12F3NO2. The first kappa shape index (κ1) is 15.1. The first-order valence-electron chi connectivity index (χ1n) is 6.09. The Bertz CT molecular complexity index is 609. The van der Waals surface area contributed by atoms with Crippen LogP contribution in [-0.4, -0.2) is 11.0 Å². The number of halogens is 3. The van der Waals surface area contributed by atoms with Crippen LogP contribution in [0.4, 0.5) is 18.9 Å². The lowest BCUT2D eigenvalue weighted by atomic mass is 10.1. The molecule has 2 aromatic carbocycles. The Kier molecular flexibility index (Phi) is 4.28. The summed E-state index contributed by atoms with van der Waals surface area (Å²) in [5, 5.41) is 12.3. The van der Waals surface area contributed by atoms with E-state index >= 15 is 0 Å². The Morgan fingerprint density at radius 1 is 1.00 bits per heavy atom.